The molecule has 0 heterocycles. The van der Waals surface area contributed by atoms with Crippen LogP contribution in [0, 0.1) is 12.7 Å². The Morgan fingerprint density at radius 3 is 2.29 bits per heavy atom. The first-order valence-electron chi connectivity index (χ1n) is 8.93. The van der Waals surface area contributed by atoms with E-state index in [4.69, 9.17) is 4.74 Å². The molecule has 3 aromatic carbocycles. The van der Waals surface area contributed by atoms with Crippen LogP contribution in [-0.4, -0.2) is 12.1 Å². The highest BCUT2D eigenvalue weighted by atomic mass is 19.1. The highest BCUT2D eigenvalue weighted by molar-refractivity contribution is 5.83. The van der Waals surface area contributed by atoms with Gasteiger partial charge in [0.05, 0.1) is 12.6 Å². The van der Waals surface area contributed by atoms with E-state index in [1.807, 2.05) is 36.4 Å². The number of carbonyl (C=O) groups is 1. The van der Waals surface area contributed by atoms with Crippen LogP contribution in [0.5, 0.6) is 5.75 Å². The number of halogens is 1. The third-order valence-electron chi connectivity index (χ3n) is 4.09. The van der Waals surface area contributed by atoms with E-state index >= 15 is 0 Å². The Morgan fingerprint density at radius 2 is 1.61 bits per heavy atom. The predicted octanol–water partition coefficient (Wildman–Crippen LogP) is 4.41. The molecule has 3 rings (SSSR count). The quantitative estimate of drug-likeness (QED) is 0.491. The zero-order valence-electron chi connectivity index (χ0n) is 15.6. The zero-order chi connectivity index (χ0) is 19.8. The minimum atomic E-state index is -0.325. The molecule has 0 bridgehead atoms. The summed E-state index contributed by atoms with van der Waals surface area (Å²) in [7, 11) is 0. The standard InChI is InChI=1S/C23H21FN2O2/c1-17-2-4-20(5-3-17)16-28-22-12-8-19(9-13-22)15-25-26-23(27)14-18-6-10-21(24)11-7-18/h2-13,15H,14,16H2,1H3,(H,26,27)/b25-15+. The van der Waals surface area contributed by atoms with E-state index in [-0.39, 0.29) is 18.1 Å². The van der Waals surface area contributed by atoms with Gasteiger partial charge in [-0.25, -0.2) is 9.82 Å². The molecule has 0 atom stereocenters. The molecule has 5 heteroatoms. The minimum absolute atomic E-state index is 0.142. The number of hydrogen-bond donors (Lipinski definition) is 1. The first-order valence-corrected chi connectivity index (χ1v) is 8.93. The lowest BCUT2D eigenvalue weighted by Gasteiger charge is -2.07. The van der Waals surface area contributed by atoms with Crippen LogP contribution in [0.2, 0.25) is 0 Å². The van der Waals surface area contributed by atoms with Gasteiger partial charge >= 0.3 is 0 Å². The van der Waals surface area contributed by atoms with Crippen molar-refractivity contribution >= 4 is 12.1 Å². The average Bonchev–Trinajstić information content (AvgIpc) is 2.70. The van der Waals surface area contributed by atoms with Crippen LogP contribution in [0.25, 0.3) is 0 Å². The first-order chi connectivity index (χ1) is 13.6. The average molecular weight is 376 g/mol. The molecule has 28 heavy (non-hydrogen) atoms. The van der Waals surface area contributed by atoms with Gasteiger partial charge in [-0.05, 0) is 60.0 Å². The topological polar surface area (TPSA) is 50.7 Å². The molecule has 1 N–H and O–H groups in total. The van der Waals surface area contributed by atoms with Gasteiger partial charge in [0, 0.05) is 0 Å². The second-order valence-electron chi connectivity index (χ2n) is 6.44. The summed E-state index contributed by atoms with van der Waals surface area (Å²) in [6.45, 7) is 2.56. The predicted molar refractivity (Wildman–Crippen MR) is 108 cm³/mol. The lowest BCUT2D eigenvalue weighted by molar-refractivity contribution is -0.120. The van der Waals surface area contributed by atoms with Crippen molar-refractivity contribution in [3.63, 3.8) is 0 Å². The molecule has 0 aliphatic heterocycles. The maximum Gasteiger partial charge on any atom is 0.244 e. The van der Waals surface area contributed by atoms with Gasteiger partial charge in [-0.2, -0.15) is 5.10 Å². The Bertz CT molecular complexity index is 934. The molecular weight excluding hydrogens is 355 g/mol. The van der Waals surface area contributed by atoms with Crippen molar-refractivity contribution in [3.05, 3.63) is 101 Å². The number of amides is 1. The van der Waals surface area contributed by atoms with E-state index in [0.717, 1.165) is 22.4 Å². The molecule has 0 spiro atoms. The molecule has 0 aromatic heterocycles. The molecule has 0 saturated carbocycles. The molecule has 4 nitrogen and oxygen atoms in total. The number of hydrogen-bond acceptors (Lipinski definition) is 3. The fourth-order valence-corrected chi connectivity index (χ4v) is 2.51. The van der Waals surface area contributed by atoms with Crippen LogP contribution in [0.3, 0.4) is 0 Å². The Balaban J connectivity index is 1.45. The number of ether oxygens (including phenoxy) is 1. The van der Waals surface area contributed by atoms with Gasteiger partial charge in [-0.3, -0.25) is 4.79 Å². The fourth-order valence-electron chi connectivity index (χ4n) is 2.51. The Kier molecular flexibility index (Phi) is 6.52. The number of hydrazone groups is 1. The summed E-state index contributed by atoms with van der Waals surface area (Å²) in [6, 6.07) is 21.5. The second-order valence-corrected chi connectivity index (χ2v) is 6.44. The highest BCUT2D eigenvalue weighted by Crippen LogP contribution is 2.14. The van der Waals surface area contributed by atoms with Crippen molar-refractivity contribution in [2.75, 3.05) is 0 Å². The number of rotatable bonds is 7. The van der Waals surface area contributed by atoms with Gasteiger partial charge in [-0.15, -0.1) is 0 Å². The van der Waals surface area contributed by atoms with Crippen LogP contribution < -0.4 is 10.2 Å². The van der Waals surface area contributed by atoms with E-state index in [9.17, 15) is 9.18 Å². The number of carbonyl (C=O) groups excluding carboxylic acids is 1. The second kappa shape index (κ2) is 9.46. The largest absolute Gasteiger partial charge is 0.489 e. The van der Waals surface area contributed by atoms with E-state index in [1.165, 1.54) is 17.7 Å². The Morgan fingerprint density at radius 1 is 0.964 bits per heavy atom. The SMILES string of the molecule is Cc1ccc(COc2ccc(/C=N/NC(=O)Cc3ccc(F)cc3)cc2)cc1. The molecule has 0 aliphatic rings. The first kappa shape index (κ1) is 19.3. The lowest BCUT2D eigenvalue weighted by atomic mass is 10.1. The third-order valence-corrected chi connectivity index (χ3v) is 4.09. The summed E-state index contributed by atoms with van der Waals surface area (Å²) < 4.78 is 18.6. The molecule has 0 saturated heterocycles. The Labute approximate surface area is 163 Å². The normalized spacial score (nSPS) is 10.8. The number of nitrogens with one attached hydrogen (secondary N) is 1. The minimum Gasteiger partial charge on any atom is -0.489 e. The number of nitrogens with zero attached hydrogens (tertiary/aromatic N) is 1. The number of aryl methyl sites for hydroxylation is 1. The van der Waals surface area contributed by atoms with Gasteiger partial charge in [0.25, 0.3) is 0 Å². The lowest BCUT2D eigenvalue weighted by Crippen LogP contribution is -2.19. The van der Waals surface area contributed by atoms with E-state index in [1.54, 1.807) is 18.3 Å². The van der Waals surface area contributed by atoms with Crippen molar-refractivity contribution in [3.8, 4) is 5.75 Å². The van der Waals surface area contributed by atoms with Crippen LogP contribution >= 0.6 is 0 Å². The van der Waals surface area contributed by atoms with Gasteiger partial charge in [0.2, 0.25) is 5.91 Å². The highest BCUT2D eigenvalue weighted by Gasteiger charge is 2.02. The van der Waals surface area contributed by atoms with Crippen LogP contribution in [0.1, 0.15) is 22.3 Å². The molecule has 1 amide bonds. The summed E-state index contributed by atoms with van der Waals surface area (Å²) >= 11 is 0. The molecule has 0 radical (unpaired) electrons. The molecule has 142 valence electrons. The van der Waals surface area contributed by atoms with Gasteiger partial charge in [-0.1, -0.05) is 42.0 Å². The Hall–Kier alpha value is -3.47. The smallest absolute Gasteiger partial charge is 0.244 e. The van der Waals surface area contributed by atoms with Crippen molar-refractivity contribution in [1.29, 1.82) is 0 Å². The number of benzene rings is 3. The van der Waals surface area contributed by atoms with Gasteiger partial charge in [0.15, 0.2) is 0 Å². The summed E-state index contributed by atoms with van der Waals surface area (Å²) in [5.74, 6) is 0.174. The van der Waals surface area contributed by atoms with Gasteiger partial charge in [0.1, 0.15) is 18.2 Å². The summed E-state index contributed by atoms with van der Waals surface area (Å²) in [5, 5.41) is 3.95. The molecule has 0 fully saturated rings. The molecule has 0 unspecified atom stereocenters. The van der Waals surface area contributed by atoms with E-state index < -0.39 is 0 Å². The molecular formula is C23H21FN2O2. The van der Waals surface area contributed by atoms with E-state index in [2.05, 4.69) is 29.6 Å². The molecule has 0 aliphatic carbocycles. The third kappa shape index (κ3) is 6.06. The monoisotopic (exact) mass is 376 g/mol. The van der Waals surface area contributed by atoms with Crippen molar-refractivity contribution in [2.45, 2.75) is 20.0 Å². The van der Waals surface area contributed by atoms with E-state index in [0.29, 0.717) is 6.61 Å². The summed E-state index contributed by atoms with van der Waals surface area (Å²) in [4.78, 5) is 11.8. The van der Waals surface area contributed by atoms with Crippen LogP contribution in [-0.2, 0) is 17.8 Å². The zero-order valence-corrected chi connectivity index (χ0v) is 15.6. The van der Waals surface area contributed by atoms with Crippen LogP contribution in [0.15, 0.2) is 77.9 Å². The van der Waals surface area contributed by atoms with Gasteiger partial charge < -0.3 is 4.74 Å². The van der Waals surface area contributed by atoms with Crippen molar-refractivity contribution in [1.82, 2.24) is 5.43 Å². The fraction of sp³-hybridized carbons (Fsp3) is 0.130. The van der Waals surface area contributed by atoms with Crippen molar-refractivity contribution in [2.24, 2.45) is 5.10 Å². The summed E-state index contributed by atoms with van der Waals surface area (Å²) in [5.41, 5.74) is 6.36. The maximum absolute atomic E-state index is 12.9. The maximum atomic E-state index is 12.9. The van der Waals surface area contributed by atoms with Crippen molar-refractivity contribution < 1.29 is 13.9 Å². The summed E-state index contributed by atoms with van der Waals surface area (Å²) in [6.07, 6.45) is 1.70. The van der Waals surface area contributed by atoms with Crippen LogP contribution in [0.4, 0.5) is 4.39 Å². The molecule has 3 aromatic rings.